The molecule has 0 radical (unpaired) electrons. The minimum Gasteiger partial charge on any atom is -0.469 e. The van der Waals surface area contributed by atoms with Gasteiger partial charge in [0.15, 0.2) is 10.9 Å². The van der Waals surface area contributed by atoms with Crippen molar-refractivity contribution in [2.24, 2.45) is 0 Å². The predicted molar refractivity (Wildman–Crippen MR) is 81.6 cm³/mol. The van der Waals surface area contributed by atoms with Crippen molar-refractivity contribution >= 4 is 35.2 Å². The van der Waals surface area contributed by atoms with Gasteiger partial charge in [0.2, 0.25) is 0 Å². The lowest BCUT2D eigenvalue weighted by molar-refractivity contribution is -0.140. The molecule has 1 amide bonds. The zero-order valence-electron chi connectivity index (χ0n) is 12.0. The van der Waals surface area contributed by atoms with E-state index in [4.69, 9.17) is 11.6 Å². The SMILES string of the molecule is COC(=O)CCCCCNC(=O)c1nc(SC)ncc1Cl. The third kappa shape index (κ3) is 6.31. The highest BCUT2D eigenvalue weighted by atomic mass is 35.5. The van der Waals surface area contributed by atoms with Gasteiger partial charge in [0.25, 0.3) is 5.91 Å². The number of thioether (sulfide) groups is 1. The number of nitrogens with one attached hydrogen (secondary N) is 1. The van der Waals surface area contributed by atoms with Gasteiger partial charge in [0, 0.05) is 13.0 Å². The van der Waals surface area contributed by atoms with Crippen molar-refractivity contribution in [1.29, 1.82) is 0 Å². The minimum absolute atomic E-state index is 0.186. The number of esters is 1. The van der Waals surface area contributed by atoms with Crippen LogP contribution in [0.1, 0.15) is 36.2 Å². The molecule has 8 heteroatoms. The van der Waals surface area contributed by atoms with Crippen LogP contribution < -0.4 is 5.32 Å². The maximum Gasteiger partial charge on any atom is 0.305 e. The zero-order chi connectivity index (χ0) is 15.7. The first-order valence-electron chi connectivity index (χ1n) is 6.50. The Kier molecular flexibility index (Phi) is 8.07. The number of hydrogen-bond donors (Lipinski definition) is 1. The molecule has 116 valence electrons. The van der Waals surface area contributed by atoms with Crippen molar-refractivity contribution < 1.29 is 14.3 Å². The third-order valence-electron chi connectivity index (χ3n) is 2.69. The van der Waals surface area contributed by atoms with E-state index in [-0.39, 0.29) is 22.6 Å². The van der Waals surface area contributed by atoms with E-state index in [2.05, 4.69) is 20.0 Å². The van der Waals surface area contributed by atoms with E-state index in [0.29, 0.717) is 18.1 Å². The van der Waals surface area contributed by atoms with Crippen LogP contribution in [0, 0.1) is 0 Å². The Balaban J connectivity index is 2.32. The molecule has 1 N–H and O–H groups in total. The van der Waals surface area contributed by atoms with E-state index < -0.39 is 0 Å². The predicted octanol–water partition coefficient (Wildman–Crippen LogP) is 2.32. The largest absolute Gasteiger partial charge is 0.469 e. The molecular formula is C13H18ClN3O3S. The number of methoxy groups -OCH3 is 1. The number of rotatable bonds is 8. The summed E-state index contributed by atoms with van der Waals surface area (Å²) in [5.41, 5.74) is 0.186. The molecule has 0 aliphatic rings. The van der Waals surface area contributed by atoms with Crippen molar-refractivity contribution in [3.05, 3.63) is 16.9 Å². The molecule has 1 aromatic rings. The van der Waals surface area contributed by atoms with E-state index in [1.54, 1.807) is 0 Å². The van der Waals surface area contributed by atoms with Crippen LogP contribution >= 0.6 is 23.4 Å². The van der Waals surface area contributed by atoms with Crippen LogP contribution in [0.3, 0.4) is 0 Å². The number of unbranched alkanes of at least 4 members (excludes halogenated alkanes) is 2. The maximum absolute atomic E-state index is 12.0. The number of aromatic nitrogens is 2. The van der Waals surface area contributed by atoms with Crippen LogP contribution in [0.5, 0.6) is 0 Å². The highest BCUT2D eigenvalue weighted by Crippen LogP contribution is 2.16. The molecule has 0 aliphatic carbocycles. The van der Waals surface area contributed by atoms with Gasteiger partial charge in [-0.25, -0.2) is 9.97 Å². The van der Waals surface area contributed by atoms with Gasteiger partial charge in [0.05, 0.1) is 18.3 Å². The molecule has 1 heterocycles. The van der Waals surface area contributed by atoms with Gasteiger partial charge in [0.1, 0.15) is 0 Å². The average Bonchev–Trinajstić information content (AvgIpc) is 2.50. The van der Waals surface area contributed by atoms with E-state index in [1.165, 1.54) is 25.1 Å². The fourth-order valence-corrected chi connectivity index (χ4v) is 2.08. The second kappa shape index (κ2) is 9.57. The Morgan fingerprint density at radius 1 is 1.38 bits per heavy atom. The van der Waals surface area contributed by atoms with E-state index >= 15 is 0 Å². The number of hydrogen-bond acceptors (Lipinski definition) is 6. The van der Waals surface area contributed by atoms with Gasteiger partial charge in [-0.2, -0.15) is 0 Å². The number of nitrogens with zero attached hydrogens (tertiary/aromatic N) is 2. The average molecular weight is 332 g/mol. The van der Waals surface area contributed by atoms with Crippen molar-refractivity contribution in [3.63, 3.8) is 0 Å². The second-order valence-corrected chi connectivity index (χ2v) is 5.38. The molecule has 0 aromatic carbocycles. The smallest absolute Gasteiger partial charge is 0.305 e. The van der Waals surface area contributed by atoms with E-state index in [9.17, 15) is 9.59 Å². The molecule has 0 bridgehead atoms. The topological polar surface area (TPSA) is 81.2 Å². The van der Waals surface area contributed by atoms with Crippen LogP contribution in [-0.4, -0.2) is 41.8 Å². The Morgan fingerprint density at radius 3 is 2.81 bits per heavy atom. The molecule has 1 aromatic heterocycles. The van der Waals surface area contributed by atoms with Crippen molar-refractivity contribution in [2.45, 2.75) is 30.8 Å². The second-order valence-electron chi connectivity index (χ2n) is 4.20. The van der Waals surface area contributed by atoms with Gasteiger partial charge < -0.3 is 10.1 Å². The zero-order valence-corrected chi connectivity index (χ0v) is 13.6. The number of carbonyl (C=O) groups is 2. The first kappa shape index (κ1) is 17.7. The molecule has 0 aliphatic heterocycles. The monoisotopic (exact) mass is 331 g/mol. The molecule has 0 spiro atoms. The summed E-state index contributed by atoms with van der Waals surface area (Å²) in [6.45, 7) is 0.509. The Labute approximate surface area is 133 Å². The summed E-state index contributed by atoms with van der Waals surface area (Å²) in [5, 5.41) is 3.49. The number of amides is 1. The molecule has 0 atom stereocenters. The summed E-state index contributed by atoms with van der Waals surface area (Å²) in [6.07, 6.45) is 6.01. The highest BCUT2D eigenvalue weighted by molar-refractivity contribution is 7.98. The number of ether oxygens (including phenoxy) is 1. The highest BCUT2D eigenvalue weighted by Gasteiger charge is 2.13. The van der Waals surface area contributed by atoms with Gasteiger partial charge >= 0.3 is 5.97 Å². The molecular weight excluding hydrogens is 314 g/mol. The summed E-state index contributed by atoms with van der Waals surface area (Å²) in [6, 6.07) is 0. The fraction of sp³-hybridized carbons (Fsp3) is 0.538. The molecule has 0 saturated carbocycles. The van der Waals surface area contributed by atoms with Gasteiger partial charge in [-0.05, 0) is 19.1 Å². The van der Waals surface area contributed by atoms with E-state index in [1.807, 2.05) is 6.26 Å². The van der Waals surface area contributed by atoms with Crippen LogP contribution in [0.2, 0.25) is 5.02 Å². The molecule has 21 heavy (non-hydrogen) atoms. The quantitative estimate of drug-likeness (QED) is 0.341. The van der Waals surface area contributed by atoms with Crippen molar-refractivity contribution in [3.8, 4) is 0 Å². The van der Waals surface area contributed by atoms with Crippen molar-refractivity contribution in [1.82, 2.24) is 15.3 Å². The summed E-state index contributed by atoms with van der Waals surface area (Å²) < 4.78 is 4.55. The minimum atomic E-state index is -0.314. The van der Waals surface area contributed by atoms with Crippen LogP contribution in [0.15, 0.2) is 11.4 Å². The maximum atomic E-state index is 12.0. The summed E-state index contributed by atoms with van der Waals surface area (Å²) in [7, 11) is 1.37. The lowest BCUT2D eigenvalue weighted by Gasteiger charge is -2.06. The molecule has 0 unspecified atom stereocenters. The van der Waals surface area contributed by atoms with Gasteiger partial charge in [-0.3, -0.25) is 9.59 Å². The summed E-state index contributed by atoms with van der Waals surface area (Å²) >= 11 is 7.26. The molecule has 0 saturated heterocycles. The van der Waals surface area contributed by atoms with Crippen molar-refractivity contribution in [2.75, 3.05) is 19.9 Å². The van der Waals surface area contributed by atoms with Crippen LogP contribution in [0.25, 0.3) is 0 Å². The standard InChI is InChI=1S/C13H18ClN3O3S/c1-20-10(18)6-4-3-5-7-15-12(19)11-9(14)8-16-13(17-11)21-2/h8H,3-7H2,1-2H3,(H,15,19). The van der Waals surface area contributed by atoms with Crippen LogP contribution in [0.4, 0.5) is 0 Å². The molecule has 6 nitrogen and oxygen atoms in total. The Hall–Kier alpha value is -1.34. The number of carbonyl (C=O) groups excluding carboxylic acids is 2. The van der Waals surface area contributed by atoms with E-state index in [0.717, 1.165) is 19.3 Å². The lowest BCUT2D eigenvalue weighted by atomic mass is 10.2. The third-order valence-corrected chi connectivity index (χ3v) is 3.53. The van der Waals surface area contributed by atoms with Gasteiger partial charge in [-0.15, -0.1) is 0 Å². The first-order chi connectivity index (χ1) is 10.1. The summed E-state index contributed by atoms with van der Waals surface area (Å²) in [5.74, 6) is -0.526. The fourth-order valence-electron chi connectivity index (χ4n) is 1.57. The van der Waals surface area contributed by atoms with Gasteiger partial charge in [-0.1, -0.05) is 29.8 Å². The first-order valence-corrected chi connectivity index (χ1v) is 8.10. The summed E-state index contributed by atoms with van der Waals surface area (Å²) in [4.78, 5) is 30.9. The van der Waals surface area contributed by atoms with Crippen LogP contribution in [-0.2, 0) is 9.53 Å². The normalized spacial score (nSPS) is 10.2. The molecule has 0 fully saturated rings. The Bertz CT molecular complexity index is 500. The lowest BCUT2D eigenvalue weighted by Crippen LogP contribution is -2.26. The molecule has 1 rings (SSSR count). The Morgan fingerprint density at radius 2 is 2.14 bits per heavy atom. The number of halogens is 1.